The number of fused-ring (bicyclic) bond motifs is 1. The molecule has 7 nitrogen and oxygen atoms in total. The third-order valence-electron chi connectivity index (χ3n) is 6.85. The molecule has 0 radical (unpaired) electrons. The number of nitrogens with zero attached hydrogens (tertiary/aromatic N) is 4. The summed E-state index contributed by atoms with van der Waals surface area (Å²) < 4.78 is 44.0. The fourth-order valence-corrected chi connectivity index (χ4v) is 5.05. The molecule has 34 heavy (non-hydrogen) atoms. The van der Waals surface area contributed by atoms with Gasteiger partial charge < -0.3 is 15.7 Å². The van der Waals surface area contributed by atoms with Crippen molar-refractivity contribution in [3.63, 3.8) is 0 Å². The van der Waals surface area contributed by atoms with Crippen LogP contribution in [0, 0.1) is 23.4 Å². The van der Waals surface area contributed by atoms with Crippen LogP contribution in [0.15, 0.2) is 18.3 Å². The smallest absolute Gasteiger partial charge is 0.224 e. The van der Waals surface area contributed by atoms with E-state index in [0.717, 1.165) is 44.9 Å². The van der Waals surface area contributed by atoms with Gasteiger partial charge in [0.1, 0.15) is 17.0 Å². The fraction of sp³-hybridized carbons (Fsp3) is 0.542. The number of benzene rings is 1. The molecule has 0 amide bonds. The van der Waals surface area contributed by atoms with Crippen molar-refractivity contribution in [2.24, 2.45) is 5.92 Å². The Kier molecular flexibility index (Phi) is 6.97. The van der Waals surface area contributed by atoms with E-state index >= 15 is 0 Å². The minimum absolute atomic E-state index is 0. The highest BCUT2D eigenvalue weighted by Crippen LogP contribution is 2.40. The summed E-state index contributed by atoms with van der Waals surface area (Å²) in [5, 5.41) is 15.8. The van der Waals surface area contributed by atoms with Crippen LogP contribution in [0.3, 0.4) is 0 Å². The van der Waals surface area contributed by atoms with E-state index < -0.39 is 23.1 Å². The van der Waals surface area contributed by atoms with Crippen LogP contribution in [0.5, 0.6) is 0 Å². The van der Waals surface area contributed by atoms with Crippen molar-refractivity contribution in [2.45, 2.75) is 77.5 Å². The van der Waals surface area contributed by atoms with Gasteiger partial charge in [-0.05, 0) is 44.4 Å². The number of hydrogen-bond acceptors (Lipinski definition) is 6. The molecule has 2 aliphatic rings. The summed E-state index contributed by atoms with van der Waals surface area (Å²) in [6.07, 6.45) is 7.44. The summed E-state index contributed by atoms with van der Waals surface area (Å²) in [5.41, 5.74) is 0.627. The first-order chi connectivity index (χ1) is 15.9. The van der Waals surface area contributed by atoms with Crippen LogP contribution in [-0.2, 0) is 0 Å². The molecule has 3 aromatic rings. The standard InChI is InChI=1S/C23H27F3N6O.CH4/c1-12-3-2-4-19(12)32-21-18(11-27-22(31-21)28-14-5-7-15(33)8-6-14)29-23(32)30-20-16(25)9-13(24)10-17(20)26;/h9-12,14-15,19,33H,2-8H2,1H3,(H,29,30)(H,27,28,31);1H4/t12-,14?,15?,19+;/m0./s1. The number of aromatic nitrogens is 4. The number of nitrogens with one attached hydrogen (secondary N) is 2. The Morgan fingerprint density at radius 1 is 1.00 bits per heavy atom. The maximum atomic E-state index is 14.4. The molecule has 0 unspecified atom stereocenters. The van der Waals surface area contributed by atoms with Crippen molar-refractivity contribution in [3.8, 4) is 0 Å². The van der Waals surface area contributed by atoms with Gasteiger partial charge in [0.2, 0.25) is 11.9 Å². The first-order valence-corrected chi connectivity index (χ1v) is 11.5. The van der Waals surface area contributed by atoms with E-state index in [-0.39, 0.29) is 31.6 Å². The van der Waals surface area contributed by atoms with E-state index in [4.69, 9.17) is 4.98 Å². The quantitative estimate of drug-likeness (QED) is 0.438. The summed E-state index contributed by atoms with van der Waals surface area (Å²) >= 11 is 0. The van der Waals surface area contributed by atoms with Gasteiger partial charge in [-0.2, -0.15) is 4.98 Å². The number of hydrogen-bond donors (Lipinski definition) is 3. The molecule has 184 valence electrons. The van der Waals surface area contributed by atoms with Gasteiger partial charge in [-0.3, -0.25) is 4.57 Å². The third-order valence-corrected chi connectivity index (χ3v) is 6.85. The minimum Gasteiger partial charge on any atom is -0.393 e. The molecule has 0 aliphatic heterocycles. The lowest BCUT2D eigenvalue weighted by molar-refractivity contribution is 0.126. The zero-order chi connectivity index (χ0) is 23.1. The van der Waals surface area contributed by atoms with Gasteiger partial charge in [0.15, 0.2) is 17.3 Å². The highest BCUT2D eigenvalue weighted by molar-refractivity contribution is 5.76. The van der Waals surface area contributed by atoms with Gasteiger partial charge in [-0.25, -0.2) is 23.1 Å². The number of imidazole rings is 1. The predicted octanol–water partition coefficient (Wildman–Crippen LogP) is 5.70. The molecule has 2 aromatic heterocycles. The summed E-state index contributed by atoms with van der Waals surface area (Å²) in [5.74, 6) is -2.00. The first-order valence-electron chi connectivity index (χ1n) is 11.5. The van der Waals surface area contributed by atoms with Crippen molar-refractivity contribution < 1.29 is 18.3 Å². The monoisotopic (exact) mass is 476 g/mol. The van der Waals surface area contributed by atoms with Crippen molar-refractivity contribution in [3.05, 3.63) is 35.8 Å². The molecule has 0 saturated heterocycles. The van der Waals surface area contributed by atoms with Gasteiger partial charge in [0.25, 0.3) is 0 Å². The predicted molar refractivity (Wildman–Crippen MR) is 126 cm³/mol. The maximum absolute atomic E-state index is 14.4. The van der Waals surface area contributed by atoms with Crippen LogP contribution >= 0.6 is 0 Å². The summed E-state index contributed by atoms with van der Waals surface area (Å²) in [4.78, 5) is 13.6. The van der Waals surface area contributed by atoms with Gasteiger partial charge in [-0.1, -0.05) is 20.8 Å². The SMILES string of the molecule is C.C[C@H]1CCC[C@H]1n1c(Nc2c(F)cc(F)cc2F)nc2cnc(NC3CCC(O)CC3)nc21. The van der Waals surface area contributed by atoms with Crippen molar-refractivity contribution >= 4 is 28.7 Å². The second-order valence-electron chi connectivity index (χ2n) is 9.20. The first kappa shape index (κ1) is 24.3. The normalized spacial score (nSPS) is 24.7. The Labute approximate surface area is 196 Å². The molecular weight excluding hydrogens is 445 g/mol. The molecule has 5 rings (SSSR count). The van der Waals surface area contributed by atoms with Gasteiger partial charge >= 0.3 is 0 Å². The Balaban J connectivity index is 0.00000274. The van der Waals surface area contributed by atoms with Gasteiger partial charge in [0.05, 0.1) is 12.3 Å². The Bertz CT molecular complexity index is 1140. The van der Waals surface area contributed by atoms with Crippen molar-refractivity contribution in [1.29, 1.82) is 0 Å². The molecular formula is C24H31F3N6O. The van der Waals surface area contributed by atoms with Crippen LogP contribution in [0.2, 0.25) is 0 Å². The molecule has 2 heterocycles. The molecule has 2 saturated carbocycles. The van der Waals surface area contributed by atoms with Crippen molar-refractivity contribution in [2.75, 3.05) is 10.6 Å². The summed E-state index contributed by atoms with van der Waals surface area (Å²) in [7, 11) is 0. The molecule has 0 spiro atoms. The van der Waals surface area contributed by atoms with Crippen LogP contribution in [0.4, 0.5) is 30.8 Å². The van der Waals surface area contributed by atoms with E-state index in [1.807, 2.05) is 4.57 Å². The zero-order valence-corrected chi connectivity index (χ0v) is 18.4. The molecule has 1 aromatic carbocycles. The number of halogens is 3. The lowest BCUT2D eigenvalue weighted by atomic mass is 9.93. The second kappa shape index (κ2) is 9.77. The van der Waals surface area contributed by atoms with Crippen LogP contribution in [0.25, 0.3) is 11.2 Å². The lowest BCUT2D eigenvalue weighted by Crippen LogP contribution is -2.29. The number of anilines is 3. The molecule has 2 atom stereocenters. The van der Waals surface area contributed by atoms with Crippen LogP contribution in [-0.4, -0.2) is 36.8 Å². The minimum atomic E-state index is -1.03. The van der Waals surface area contributed by atoms with E-state index in [1.54, 1.807) is 6.20 Å². The molecule has 10 heteroatoms. The highest BCUT2D eigenvalue weighted by Gasteiger charge is 2.30. The molecule has 0 bridgehead atoms. The maximum Gasteiger partial charge on any atom is 0.224 e. The Morgan fingerprint density at radius 3 is 2.35 bits per heavy atom. The molecule has 3 N–H and O–H groups in total. The van der Waals surface area contributed by atoms with Crippen LogP contribution in [0.1, 0.15) is 65.3 Å². The van der Waals surface area contributed by atoms with E-state index in [9.17, 15) is 18.3 Å². The van der Waals surface area contributed by atoms with Gasteiger partial charge in [-0.15, -0.1) is 0 Å². The van der Waals surface area contributed by atoms with E-state index in [2.05, 4.69) is 27.5 Å². The lowest BCUT2D eigenvalue weighted by Gasteiger charge is -2.26. The molecule has 2 aliphatic carbocycles. The average molecular weight is 477 g/mol. The van der Waals surface area contributed by atoms with Crippen molar-refractivity contribution in [1.82, 2.24) is 19.5 Å². The zero-order valence-electron chi connectivity index (χ0n) is 18.4. The third kappa shape index (κ3) is 4.68. The summed E-state index contributed by atoms with van der Waals surface area (Å²) in [6, 6.07) is 1.50. The van der Waals surface area contributed by atoms with E-state index in [0.29, 0.717) is 35.2 Å². The number of aliphatic hydroxyl groups excluding tert-OH is 1. The largest absolute Gasteiger partial charge is 0.393 e. The molecule has 2 fully saturated rings. The topological polar surface area (TPSA) is 87.9 Å². The van der Waals surface area contributed by atoms with Gasteiger partial charge in [0, 0.05) is 24.2 Å². The fourth-order valence-electron chi connectivity index (χ4n) is 5.05. The van der Waals surface area contributed by atoms with Crippen LogP contribution < -0.4 is 10.6 Å². The number of aliphatic hydroxyl groups is 1. The summed E-state index contributed by atoms with van der Waals surface area (Å²) in [6.45, 7) is 2.14. The number of rotatable bonds is 5. The average Bonchev–Trinajstić information content (AvgIpc) is 3.34. The Morgan fingerprint density at radius 2 is 1.71 bits per heavy atom. The second-order valence-corrected chi connectivity index (χ2v) is 9.20. The Hall–Kier alpha value is -2.88. The highest BCUT2D eigenvalue weighted by atomic mass is 19.1. The van der Waals surface area contributed by atoms with E-state index in [1.165, 1.54) is 0 Å².